The molecule has 1 heterocycles. The minimum Gasteiger partial charge on any atom is -0.360 e. The number of carbonyl (C=O) groups excluding carboxylic acids is 2. The van der Waals surface area contributed by atoms with Gasteiger partial charge in [-0.2, -0.15) is 0 Å². The Morgan fingerprint density at radius 2 is 1.52 bits per heavy atom. The van der Waals surface area contributed by atoms with Gasteiger partial charge in [0.2, 0.25) is 11.8 Å². The molecule has 0 aliphatic rings. The molecule has 0 atom stereocenters. The number of aromatic nitrogens is 1. The normalized spacial score (nSPS) is 11.1. The molecule has 0 spiro atoms. The molecular weight excluding hydrogens is 386 g/mol. The fourth-order valence-electron chi connectivity index (χ4n) is 3.01. The number of nitrogens with zero attached hydrogens (tertiary/aromatic N) is 1. The van der Waals surface area contributed by atoms with E-state index < -0.39 is 5.54 Å². The summed E-state index contributed by atoms with van der Waals surface area (Å²) in [6.07, 6.45) is 0. The predicted octanol–water partition coefficient (Wildman–Crippen LogP) is 3.73. The standard InChI is InChI=1S/C22H23N3O3S/c1-16-13-19(25-28-16)23-20(26)14-29-15-21(27)24-22(2,17-9-5-3-6-10-17)18-11-7-4-8-12-18/h3-13H,14-15H2,1-2H3,(H,24,27)(H,23,25,26). The van der Waals surface area contributed by atoms with E-state index in [0.717, 1.165) is 11.1 Å². The first kappa shape index (κ1) is 20.7. The van der Waals surface area contributed by atoms with Gasteiger partial charge < -0.3 is 15.2 Å². The lowest BCUT2D eigenvalue weighted by Crippen LogP contribution is -2.45. The van der Waals surface area contributed by atoms with Crippen LogP contribution in [0.15, 0.2) is 71.3 Å². The smallest absolute Gasteiger partial charge is 0.235 e. The Bertz CT molecular complexity index is 918. The fourth-order valence-corrected chi connectivity index (χ4v) is 3.63. The topological polar surface area (TPSA) is 84.2 Å². The average molecular weight is 410 g/mol. The first-order chi connectivity index (χ1) is 14.0. The van der Waals surface area contributed by atoms with Crippen LogP contribution in [0.5, 0.6) is 0 Å². The summed E-state index contributed by atoms with van der Waals surface area (Å²) in [5, 5.41) is 9.49. The van der Waals surface area contributed by atoms with Gasteiger partial charge in [0.25, 0.3) is 0 Å². The van der Waals surface area contributed by atoms with E-state index in [2.05, 4.69) is 15.8 Å². The molecule has 3 aromatic rings. The number of carbonyl (C=O) groups is 2. The van der Waals surface area contributed by atoms with Crippen LogP contribution in [0.2, 0.25) is 0 Å². The molecule has 2 N–H and O–H groups in total. The van der Waals surface area contributed by atoms with E-state index in [-0.39, 0.29) is 23.3 Å². The number of rotatable bonds is 8. The molecule has 29 heavy (non-hydrogen) atoms. The van der Waals surface area contributed by atoms with Crippen LogP contribution < -0.4 is 10.6 Å². The second kappa shape index (κ2) is 9.43. The first-order valence-corrected chi connectivity index (χ1v) is 10.4. The maximum absolute atomic E-state index is 12.7. The Morgan fingerprint density at radius 3 is 2.03 bits per heavy atom. The van der Waals surface area contributed by atoms with E-state index in [9.17, 15) is 9.59 Å². The lowest BCUT2D eigenvalue weighted by atomic mass is 9.84. The number of hydrogen-bond donors (Lipinski definition) is 2. The average Bonchev–Trinajstić information content (AvgIpc) is 3.13. The molecule has 0 radical (unpaired) electrons. The molecule has 0 unspecified atom stereocenters. The van der Waals surface area contributed by atoms with E-state index in [1.807, 2.05) is 67.6 Å². The fraction of sp³-hybridized carbons (Fsp3) is 0.227. The number of amides is 2. The molecule has 2 aromatic carbocycles. The zero-order valence-corrected chi connectivity index (χ0v) is 17.2. The Kier molecular flexibility index (Phi) is 6.72. The highest BCUT2D eigenvalue weighted by atomic mass is 32.2. The first-order valence-electron chi connectivity index (χ1n) is 9.20. The van der Waals surface area contributed by atoms with E-state index in [0.29, 0.717) is 11.6 Å². The van der Waals surface area contributed by atoms with Crippen molar-refractivity contribution in [2.45, 2.75) is 19.4 Å². The van der Waals surface area contributed by atoms with Crippen LogP contribution in [-0.2, 0) is 15.1 Å². The molecule has 0 fully saturated rings. The predicted molar refractivity (Wildman–Crippen MR) is 115 cm³/mol. The van der Waals surface area contributed by atoms with Gasteiger partial charge in [-0.05, 0) is 25.0 Å². The lowest BCUT2D eigenvalue weighted by Gasteiger charge is -2.32. The van der Waals surface area contributed by atoms with Crippen molar-refractivity contribution >= 4 is 29.4 Å². The molecule has 150 valence electrons. The summed E-state index contributed by atoms with van der Waals surface area (Å²) >= 11 is 1.24. The molecule has 2 amide bonds. The summed E-state index contributed by atoms with van der Waals surface area (Å²) in [6.45, 7) is 3.73. The number of thioether (sulfide) groups is 1. The molecule has 0 aliphatic heterocycles. The summed E-state index contributed by atoms with van der Waals surface area (Å²) < 4.78 is 4.91. The van der Waals surface area contributed by atoms with Gasteiger partial charge in [0.15, 0.2) is 5.82 Å². The Balaban J connectivity index is 1.60. The lowest BCUT2D eigenvalue weighted by molar-refractivity contribution is -0.120. The summed E-state index contributed by atoms with van der Waals surface area (Å²) in [5.74, 6) is 0.930. The molecule has 7 heteroatoms. The van der Waals surface area contributed by atoms with Crippen molar-refractivity contribution in [2.75, 3.05) is 16.8 Å². The van der Waals surface area contributed by atoms with Crippen molar-refractivity contribution in [1.29, 1.82) is 0 Å². The third kappa shape index (κ3) is 5.48. The maximum Gasteiger partial charge on any atom is 0.235 e. The van der Waals surface area contributed by atoms with Crippen molar-refractivity contribution in [3.8, 4) is 0 Å². The number of aryl methyl sites for hydroxylation is 1. The molecule has 0 bridgehead atoms. The van der Waals surface area contributed by atoms with Gasteiger partial charge in [-0.15, -0.1) is 11.8 Å². The van der Waals surface area contributed by atoms with Crippen LogP contribution in [0.1, 0.15) is 23.8 Å². The second-order valence-corrected chi connectivity index (χ2v) is 7.75. The Morgan fingerprint density at radius 1 is 0.966 bits per heavy atom. The van der Waals surface area contributed by atoms with Gasteiger partial charge in [0, 0.05) is 6.07 Å². The maximum atomic E-state index is 12.7. The third-order valence-corrected chi connectivity index (χ3v) is 5.39. The summed E-state index contributed by atoms with van der Waals surface area (Å²) in [5.41, 5.74) is 1.31. The van der Waals surface area contributed by atoms with Gasteiger partial charge in [0.1, 0.15) is 5.76 Å². The molecular formula is C22H23N3O3S. The van der Waals surface area contributed by atoms with Crippen LogP contribution in [0.25, 0.3) is 0 Å². The van der Waals surface area contributed by atoms with Crippen LogP contribution >= 0.6 is 11.8 Å². The summed E-state index contributed by atoms with van der Waals surface area (Å²) in [7, 11) is 0. The zero-order chi connectivity index (χ0) is 20.7. The van der Waals surface area contributed by atoms with Crippen molar-refractivity contribution < 1.29 is 14.1 Å². The molecule has 0 aliphatic carbocycles. The highest BCUT2D eigenvalue weighted by Crippen LogP contribution is 2.29. The zero-order valence-electron chi connectivity index (χ0n) is 16.3. The van der Waals surface area contributed by atoms with Crippen LogP contribution in [0.3, 0.4) is 0 Å². The number of anilines is 1. The molecule has 0 saturated heterocycles. The molecule has 1 aromatic heterocycles. The molecule has 0 saturated carbocycles. The van der Waals surface area contributed by atoms with Crippen molar-refractivity contribution in [3.63, 3.8) is 0 Å². The van der Waals surface area contributed by atoms with E-state index in [4.69, 9.17) is 4.52 Å². The highest BCUT2D eigenvalue weighted by Gasteiger charge is 2.30. The third-order valence-electron chi connectivity index (χ3n) is 4.45. The SMILES string of the molecule is Cc1cc(NC(=O)CSCC(=O)NC(C)(c2ccccc2)c2ccccc2)no1. The second-order valence-electron chi connectivity index (χ2n) is 6.77. The summed E-state index contributed by atoms with van der Waals surface area (Å²) in [4.78, 5) is 24.6. The van der Waals surface area contributed by atoms with Gasteiger partial charge in [-0.1, -0.05) is 65.8 Å². The van der Waals surface area contributed by atoms with Crippen molar-refractivity contribution in [1.82, 2.24) is 10.5 Å². The number of nitrogens with one attached hydrogen (secondary N) is 2. The Labute approximate surface area is 174 Å². The van der Waals surface area contributed by atoms with Gasteiger partial charge in [-0.25, -0.2) is 0 Å². The minimum absolute atomic E-state index is 0.143. The van der Waals surface area contributed by atoms with E-state index >= 15 is 0 Å². The van der Waals surface area contributed by atoms with Crippen molar-refractivity contribution in [2.24, 2.45) is 0 Å². The number of benzene rings is 2. The molecule has 6 nitrogen and oxygen atoms in total. The quantitative estimate of drug-likeness (QED) is 0.592. The number of hydrogen-bond acceptors (Lipinski definition) is 5. The largest absolute Gasteiger partial charge is 0.360 e. The van der Waals surface area contributed by atoms with Crippen molar-refractivity contribution in [3.05, 3.63) is 83.6 Å². The Hall–Kier alpha value is -3.06. The van der Waals surface area contributed by atoms with E-state index in [1.54, 1.807) is 13.0 Å². The van der Waals surface area contributed by atoms with Crippen LogP contribution in [0.4, 0.5) is 5.82 Å². The van der Waals surface area contributed by atoms with Gasteiger partial charge in [-0.3, -0.25) is 9.59 Å². The molecule has 3 rings (SSSR count). The van der Waals surface area contributed by atoms with E-state index in [1.165, 1.54) is 11.8 Å². The van der Waals surface area contributed by atoms with Gasteiger partial charge >= 0.3 is 0 Å². The summed E-state index contributed by atoms with van der Waals surface area (Å²) in [6, 6.07) is 21.3. The highest BCUT2D eigenvalue weighted by molar-refractivity contribution is 8.00. The van der Waals surface area contributed by atoms with Gasteiger partial charge in [0.05, 0.1) is 17.0 Å². The monoisotopic (exact) mass is 409 g/mol. The minimum atomic E-state index is -0.666. The van der Waals surface area contributed by atoms with Crippen LogP contribution in [-0.4, -0.2) is 28.5 Å². The van der Waals surface area contributed by atoms with Crippen LogP contribution in [0, 0.1) is 6.92 Å².